The van der Waals surface area contributed by atoms with E-state index in [2.05, 4.69) is 5.32 Å². The van der Waals surface area contributed by atoms with Crippen molar-refractivity contribution in [1.29, 1.82) is 0 Å². The van der Waals surface area contributed by atoms with Crippen LogP contribution in [0.1, 0.15) is 6.42 Å². The van der Waals surface area contributed by atoms with Crippen LogP contribution in [0.3, 0.4) is 0 Å². The van der Waals surface area contributed by atoms with Crippen molar-refractivity contribution in [2.75, 3.05) is 32.0 Å². The average molecular weight is 332 g/mol. The number of rotatable bonds is 7. The van der Waals surface area contributed by atoms with Gasteiger partial charge in [-0.15, -0.1) is 0 Å². The van der Waals surface area contributed by atoms with Crippen LogP contribution in [0.15, 0.2) is 42.5 Å². The van der Waals surface area contributed by atoms with Crippen molar-refractivity contribution < 1.29 is 18.6 Å². The lowest BCUT2D eigenvalue weighted by molar-refractivity contribution is 0.0897. The smallest absolute Gasteiger partial charge is 0.164 e. The van der Waals surface area contributed by atoms with Gasteiger partial charge in [0.2, 0.25) is 0 Å². The van der Waals surface area contributed by atoms with Gasteiger partial charge in [0.25, 0.3) is 0 Å². The molecular weight excluding hydrogens is 311 g/mol. The quantitative estimate of drug-likeness (QED) is 0.603. The van der Waals surface area contributed by atoms with Gasteiger partial charge in [-0.3, -0.25) is 0 Å². The maximum absolute atomic E-state index is 13.2. The van der Waals surface area contributed by atoms with E-state index in [0.717, 1.165) is 18.7 Å². The van der Waals surface area contributed by atoms with E-state index < -0.39 is 0 Å². The maximum atomic E-state index is 13.2. The van der Waals surface area contributed by atoms with Crippen LogP contribution in [0, 0.1) is 5.82 Å². The fourth-order valence-corrected chi connectivity index (χ4v) is 2.44. The van der Waals surface area contributed by atoms with Gasteiger partial charge in [0.15, 0.2) is 11.5 Å². The van der Waals surface area contributed by atoms with E-state index >= 15 is 0 Å². The van der Waals surface area contributed by atoms with E-state index in [0.29, 0.717) is 36.9 Å². The molecular formula is C18H21FN2O3. The summed E-state index contributed by atoms with van der Waals surface area (Å²) in [6, 6.07) is 11.7. The molecule has 24 heavy (non-hydrogen) atoms. The highest BCUT2D eigenvalue weighted by atomic mass is 19.1. The number of hydrogen-bond acceptors (Lipinski definition) is 5. The van der Waals surface area contributed by atoms with Crippen LogP contribution in [-0.2, 0) is 0 Å². The second-order valence-corrected chi connectivity index (χ2v) is 5.62. The third-order valence-corrected chi connectivity index (χ3v) is 3.62. The van der Waals surface area contributed by atoms with Crippen LogP contribution in [-0.4, -0.2) is 32.4 Å². The summed E-state index contributed by atoms with van der Waals surface area (Å²) in [7, 11) is 0. The number of anilines is 1. The van der Waals surface area contributed by atoms with Crippen LogP contribution in [0.5, 0.6) is 17.2 Å². The number of ether oxygens (including phenoxy) is 3. The number of nitrogens with one attached hydrogen (secondary N) is 1. The normalized spacial score (nSPS) is 16.0. The minimum atomic E-state index is -0.329. The lowest BCUT2D eigenvalue weighted by atomic mass is 10.2. The van der Waals surface area contributed by atoms with E-state index in [1.807, 2.05) is 18.2 Å². The van der Waals surface area contributed by atoms with Gasteiger partial charge in [0.1, 0.15) is 24.3 Å². The Morgan fingerprint density at radius 3 is 3.00 bits per heavy atom. The Hall–Kier alpha value is -2.47. The Labute approximate surface area is 140 Å². The van der Waals surface area contributed by atoms with Crippen molar-refractivity contribution in [1.82, 2.24) is 5.32 Å². The van der Waals surface area contributed by atoms with Crippen LogP contribution < -0.4 is 25.3 Å². The van der Waals surface area contributed by atoms with Gasteiger partial charge < -0.3 is 25.3 Å². The summed E-state index contributed by atoms with van der Waals surface area (Å²) in [6.45, 7) is 2.48. The van der Waals surface area contributed by atoms with E-state index in [-0.39, 0.29) is 11.9 Å². The first kappa shape index (κ1) is 16.4. The van der Waals surface area contributed by atoms with Crippen molar-refractivity contribution in [2.45, 2.75) is 12.5 Å². The molecule has 1 heterocycles. The standard InChI is InChI=1S/C18H21FN2O3/c19-13-5-6-17-18(9-13)24-16(12-23-17)11-21-7-2-8-22-15-4-1-3-14(20)10-15/h1,3-6,9-10,16,21H,2,7-8,11-12,20H2/t16-/m0/s1. The minimum Gasteiger partial charge on any atom is -0.493 e. The molecule has 3 N–H and O–H groups in total. The molecule has 5 nitrogen and oxygen atoms in total. The molecule has 0 spiro atoms. The van der Waals surface area contributed by atoms with Crippen molar-refractivity contribution in [2.24, 2.45) is 0 Å². The number of benzene rings is 2. The van der Waals surface area contributed by atoms with E-state index in [4.69, 9.17) is 19.9 Å². The molecule has 0 fully saturated rings. The number of nitrogen functional groups attached to an aromatic ring is 1. The zero-order valence-electron chi connectivity index (χ0n) is 13.3. The molecule has 0 bridgehead atoms. The molecule has 0 unspecified atom stereocenters. The number of halogens is 1. The Kier molecular flexibility index (Phi) is 5.38. The van der Waals surface area contributed by atoms with Gasteiger partial charge >= 0.3 is 0 Å². The summed E-state index contributed by atoms with van der Waals surface area (Å²) < 4.78 is 30.1. The molecule has 0 aromatic heterocycles. The van der Waals surface area contributed by atoms with Crippen LogP contribution in [0.2, 0.25) is 0 Å². The zero-order chi connectivity index (χ0) is 16.8. The van der Waals surface area contributed by atoms with E-state index in [1.165, 1.54) is 12.1 Å². The monoisotopic (exact) mass is 332 g/mol. The molecule has 3 rings (SSSR count). The Morgan fingerprint density at radius 2 is 2.12 bits per heavy atom. The molecule has 128 valence electrons. The first-order chi connectivity index (χ1) is 11.7. The fourth-order valence-electron chi connectivity index (χ4n) is 2.44. The van der Waals surface area contributed by atoms with Gasteiger partial charge in [0.05, 0.1) is 6.61 Å². The molecule has 0 radical (unpaired) electrons. The predicted octanol–water partition coefficient (Wildman–Crippen LogP) is 2.61. The highest BCUT2D eigenvalue weighted by Gasteiger charge is 2.20. The van der Waals surface area contributed by atoms with Gasteiger partial charge in [-0.1, -0.05) is 6.07 Å². The summed E-state index contributed by atoms with van der Waals surface area (Å²) in [4.78, 5) is 0. The zero-order valence-corrected chi connectivity index (χ0v) is 13.3. The van der Waals surface area contributed by atoms with Gasteiger partial charge in [-0.2, -0.15) is 0 Å². The summed E-state index contributed by atoms with van der Waals surface area (Å²) in [6.07, 6.45) is 0.724. The lowest BCUT2D eigenvalue weighted by Crippen LogP contribution is -2.39. The van der Waals surface area contributed by atoms with Gasteiger partial charge in [0, 0.05) is 24.4 Å². The van der Waals surface area contributed by atoms with E-state index in [9.17, 15) is 4.39 Å². The largest absolute Gasteiger partial charge is 0.493 e. The first-order valence-electron chi connectivity index (χ1n) is 7.99. The molecule has 0 saturated carbocycles. The average Bonchev–Trinajstić information content (AvgIpc) is 2.57. The highest BCUT2D eigenvalue weighted by molar-refractivity contribution is 5.43. The van der Waals surface area contributed by atoms with Crippen molar-refractivity contribution in [3.8, 4) is 17.2 Å². The summed E-state index contributed by atoms with van der Waals surface area (Å²) in [5, 5.41) is 3.29. The number of nitrogens with two attached hydrogens (primary N) is 1. The molecule has 0 aliphatic carbocycles. The highest BCUT2D eigenvalue weighted by Crippen LogP contribution is 2.31. The molecule has 1 atom stereocenters. The Bertz CT molecular complexity index is 681. The van der Waals surface area contributed by atoms with Gasteiger partial charge in [-0.05, 0) is 37.2 Å². The van der Waals surface area contributed by atoms with Crippen LogP contribution >= 0.6 is 0 Å². The summed E-state index contributed by atoms with van der Waals surface area (Å²) in [5.41, 5.74) is 6.39. The SMILES string of the molecule is Nc1cccc(OCCCNC[C@H]2COc3ccc(F)cc3O2)c1. The molecule has 2 aromatic rings. The summed E-state index contributed by atoms with van der Waals surface area (Å²) >= 11 is 0. The third-order valence-electron chi connectivity index (χ3n) is 3.62. The lowest BCUT2D eigenvalue weighted by Gasteiger charge is -2.26. The van der Waals surface area contributed by atoms with Crippen molar-refractivity contribution in [3.05, 3.63) is 48.3 Å². The minimum absolute atomic E-state index is 0.130. The predicted molar refractivity (Wildman–Crippen MR) is 90.1 cm³/mol. The van der Waals surface area contributed by atoms with Crippen molar-refractivity contribution in [3.63, 3.8) is 0 Å². The third kappa shape index (κ3) is 4.52. The second kappa shape index (κ2) is 7.88. The molecule has 6 heteroatoms. The molecule has 0 saturated heterocycles. The van der Waals surface area contributed by atoms with Crippen LogP contribution in [0.25, 0.3) is 0 Å². The molecule has 2 aromatic carbocycles. The van der Waals surface area contributed by atoms with Crippen molar-refractivity contribution >= 4 is 5.69 Å². The maximum Gasteiger partial charge on any atom is 0.164 e. The topological polar surface area (TPSA) is 65.7 Å². The summed E-state index contributed by atoms with van der Waals surface area (Å²) in [5.74, 6) is 1.49. The van der Waals surface area contributed by atoms with E-state index in [1.54, 1.807) is 12.1 Å². The first-order valence-corrected chi connectivity index (χ1v) is 7.99. The Balaban J connectivity index is 1.33. The van der Waals surface area contributed by atoms with Crippen LogP contribution in [0.4, 0.5) is 10.1 Å². The molecule has 1 aliphatic heterocycles. The molecule has 0 amide bonds. The number of hydrogen-bond donors (Lipinski definition) is 2. The fraction of sp³-hybridized carbons (Fsp3) is 0.333. The second-order valence-electron chi connectivity index (χ2n) is 5.62. The molecule has 1 aliphatic rings. The number of fused-ring (bicyclic) bond motifs is 1. The van der Waals surface area contributed by atoms with Gasteiger partial charge in [-0.25, -0.2) is 4.39 Å². The Morgan fingerprint density at radius 1 is 1.21 bits per heavy atom.